The van der Waals surface area contributed by atoms with Crippen LogP contribution in [-0.4, -0.2) is 29.1 Å². The Morgan fingerprint density at radius 2 is 2.35 bits per heavy atom. The van der Waals surface area contributed by atoms with Gasteiger partial charge in [-0.05, 0) is 18.6 Å². The van der Waals surface area contributed by atoms with Gasteiger partial charge < -0.3 is 15.2 Å². The minimum absolute atomic E-state index is 0.156. The van der Waals surface area contributed by atoms with Gasteiger partial charge in [0.25, 0.3) is 0 Å². The van der Waals surface area contributed by atoms with Crippen LogP contribution in [0.5, 0.6) is 0 Å². The normalized spacial score (nSPS) is 18.4. The highest BCUT2D eigenvalue weighted by Crippen LogP contribution is 2.26. The maximum Gasteiger partial charge on any atom is 0.324 e. The zero-order valence-electron chi connectivity index (χ0n) is 10.6. The molecule has 3 rings (SSSR count). The molecule has 20 heavy (non-hydrogen) atoms. The molecule has 1 amide bonds. The Morgan fingerprint density at radius 3 is 3.05 bits per heavy atom. The van der Waals surface area contributed by atoms with Crippen LogP contribution in [0.1, 0.15) is 6.42 Å². The van der Waals surface area contributed by atoms with Gasteiger partial charge in [-0.1, -0.05) is 28.9 Å². The Kier molecular flexibility index (Phi) is 3.31. The summed E-state index contributed by atoms with van der Waals surface area (Å²) in [6.45, 7) is 1.21. The first-order valence-corrected chi connectivity index (χ1v) is 6.65. The lowest BCUT2D eigenvalue weighted by Gasteiger charge is -2.10. The monoisotopic (exact) mass is 292 g/mol. The minimum atomic E-state index is -0.290. The van der Waals surface area contributed by atoms with E-state index < -0.39 is 0 Å². The van der Waals surface area contributed by atoms with Crippen LogP contribution in [0.15, 0.2) is 28.8 Å². The minimum Gasteiger partial charge on any atom is -0.369 e. The third-order valence-corrected chi connectivity index (χ3v) is 3.59. The molecule has 1 aliphatic heterocycles. The number of aromatic nitrogens is 2. The summed E-state index contributed by atoms with van der Waals surface area (Å²) < 4.78 is 5.24. The van der Waals surface area contributed by atoms with E-state index >= 15 is 0 Å². The maximum atomic E-state index is 11.2. The summed E-state index contributed by atoms with van der Waals surface area (Å²) in [5.41, 5.74) is 6.09. The lowest BCUT2D eigenvalue weighted by molar-refractivity contribution is -0.121. The van der Waals surface area contributed by atoms with Crippen molar-refractivity contribution in [2.24, 2.45) is 11.7 Å². The van der Waals surface area contributed by atoms with Crippen molar-refractivity contribution in [1.82, 2.24) is 10.1 Å². The molecular formula is C13H13ClN4O2. The molecule has 1 saturated heterocycles. The quantitative estimate of drug-likeness (QED) is 0.930. The molecule has 6 nitrogen and oxygen atoms in total. The Hall–Kier alpha value is -2.08. The predicted octanol–water partition coefficient (Wildman–Crippen LogP) is 1.70. The van der Waals surface area contributed by atoms with Gasteiger partial charge in [-0.2, -0.15) is 4.98 Å². The van der Waals surface area contributed by atoms with Gasteiger partial charge in [-0.15, -0.1) is 0 Å². The van der Waals surface area contributed by atoms with Crippen LogP contribution in [0.25, 0.3) is 11.4 Å². The summed E-state index contributed by atoms with van der Waals surface area (Å²) in [4.78, 5) is 17.4. The highest BCUT2D eigenvalue weighted by atomic mass is 35.5. The Morgan fingerprint density at radius 1 is 1.50 bits per heavy atom. The molecule has 1 aliphatic rings. The van der Waals surface area contributed by atoms with E-state index in [0.29, 0.717) is 36.4 Å². The second kappa shape index (κ2) is 5.13. The van der Waals surface area contributed by atoms with Gasteiger partial charge in [0.2, 0.25) is 11.7 Å². The smallest absolute Gasteiger partial charge is 0.324 e. The molecule has 1 aromatic heterocycles. The van der Waals surface area contributed by atoms with Crippen molar-refractivity contribution in [3.8, 4) is 11.4 Å². The molecule has 0 aliphatic carbocycles. The number of anilines is 1. The summed E-state index contributed by atoms with van der Waals surface area (Å²) in [6.07, 6.45) is 0.713. The van der Waals surface area contributed by atoms with E-state index in [1.807, 2.05) is 17.0 Å². The Labute approximate surface area is 120 Å². The highest BCUT2D eigenvalue weighted by molar-refractivity contribution is 6.30. The van der Waals surface area contributed by atoms with Gasteiger partial charge >= 0.3 is 6.01 Å². The van der Waals surface area contributed by atoms with Crippen LogP contribution in [-0.2, 0) is 4.79 Å². The number of nitrogens with two attached hydrogens (primary N) is 1. The third kappa shape index (κ3) is 2.46. The van der Waals surface area contributed by atoms with Crippen molar-refractivity contribution in [2.45, 2.75) is 6.42 Å². The number of hydrogen-bond donors (Lipinski definition) is 1. The van der Waals surface area contributed by atoms with Gasteiger partial charge in [0.15, 0.2) is 0 Å². The highest BCUT2D eigenvalue weighted by Gasteiger charge is 2.29. The summed E-state index contributed by atoms with van der Waals surface area (Å²) in [5.74, 6) is 0.0311. The molecule has 0 spiro atoms. The lowest BCUT2D eigenvalue weighted by Crippen LogP contribution is -2.27. The van der Waals surface area contributed by atoms with E-state index in [-0.39, 0.29) is 11.8 Å². The second-order valence-corrected chi connectivity index (χ2v) is 5.18. The molecule has 2 N–H and O–H groups in total. The summed E-state index contributed by atoms with van der Waals surface area (Å²) >= 11 is 5.93. The van der Waals surface area contributed by atoms with Crippen LogP contribution in [0.4, 0.5) is 6.01 Å². The average molecular weight is 293 g/mol. The third-order valence-electron chi connectivity index (χ3n) is 3.36. The fraction of sp³-hybridized carbons (Fsp3) is 0.308. The van der Waals surface area contributed by atoms with E-state index in [4.69, 9.17) is 21.9 Å². The molecule has 104 valence electrons. The number of halogens is 1. The average Bonchev–Trinajstić information content (AvgIpc) is 3.08. The van der Waals surface area contributed by atoms with E-state index in [1.165, 1.54) is 0 Å². The molecule has 0 saturated carbocycles. The molecule has 1 unspecified atom stereocenters. The first-order valence-electron chi connectivity index (χ1n) is 6.27. The second-order valence-electron chi connectivity index (χ2n) is 4.74. The number of amides is 1. The molecule has 2 aromatic rings. The fourth-order valence-corrected chi connectivity index (χ4v) is 2.45. The number of primary amides is 1. The number of hydrogen-bond acceptors (Lipinski definition) is 5. The van der Waals surface area contributed by atoms with E-state index in [0.717, 1.165) is 5.56 Å². The first kappa shape index (κ1) is 12.9. The Bertz CT molecular complexity index is 643. The van der Waals surface area contributed by atoms with Crippen molar-refractivity contribution in [3.63, 3.8) is 0 Å². The van der Waals surface area contributed by atoms with Gasteiger partial charge in [0.1, 0.15) is 0 Å². The predicted molar refractivity (Wildman–Crippen MR) is 74.3 cm³/mol. The molecule has 1 aromatic carbocycles. The molecule has 7 heteroatoms. The number of carbonyl (C=O) groups is 1. The molecule has 1 atom stereocenters. The number of rotatable bonds is 3. The Balaban J connectivity index is 1.79. The van der Waals surface area contributed by atoms with Crippen molar-refractivity contribution in [2.75, 3.05) is 18.0 Å². The van der Waals surface area contributed by atoms with Crippen LogP contribution in [0.2, 0.25) is 5.02 Å². The zero-order valence-corrected chi connectivity index (χ0v) is 11.4. The first-order chi connectivity index (χ1) is 9.63. The topological polar surface area (TPSA) is 85.3 Å². The van der Waals surface area contributed by atoms with Gasteiger partial charge in [-0.25, -0.2) is 0 Å². The molecule has 0 radical (unpaired) electrons. The van der Waals surface area contributed by atoms with Crippen molar-refractivity contribution < 1.29 is 9.32 Å². The summed E-state index contributed by atoms with van der Waals surface area (Å²) in [7, 11) is 0. The van der Waals surface area contributed by atoms with Crippen LogP contribution >= 0.6 is 11.6 Å². The molecule has 2 heterocycles. The lowest BCUT2D eigenvalue weighted by atomic mass is 10.1. The number of benzene rings is 1. The van der Waals surface area contributed by atoms with E-state index in [2.05, 4.69) is 10.1 Å². The summed E-state index contributed by atoms with van der Waals surface area (Å²) in [5, 5.41) is 4.55. The maximum absolute atomic E-state index is 11.2. The van der Waals surface area contributed by atoms with Gasteiger partial charge in [0.05, 0.1) is 5.92 Å². The summed E-state index contributed by atoms with van der Waals surface area (Å²) in [6, 6.07) is 7.64. The number of carbonyl (C=O) groups excluding carboxylic acids is 1. The molecule has 0 bridgehead atoms. The van der Waals surface area contributed by atoms with Crippen molar-refractivity contribution >= 4 is 23.5 Å². The number of nitrogens with zero attached hydrogens (tertiary/aromatic N) is 3. The van der Waals surface area contributed by atoms with Gasteiger partial charge in [0, 0.05) is 23.7 Å². The largest absolute Gasteiger partial charge is 0.369 e. The van der Waals surface area contributed by atoms with Crippen LogP contribution in [0, 0.1) is 5.92 Å². The van der Waals surface area contributed by atoms with Crippen molar-refractivity contribution in [3.05, 3.63) is 29.3 Å². The standard InChI is InChI=1S/C13H13ClN4O2/c14-10-3-1-2-8(6-10)12-16-13(20-17-12)18-5-4-9(7-18)11(15)19/h1-3,6,9H,4-5,7H2,(H2,15,19). The van der Waals surface area contributed by atoms with Crippen molar-refractivity contribution in [1.29, 1.82) is 0 Å². The molecule has 1 fully saturated rings. The molecular weight excluding hydrogens is 280 g/mol. The van der Waals surface area contributed by atoms with Crippen LogP contribution < -0.4 is 10.6 Å². The van der Waals surface area contributed by atoms with Crippen LogP contribution in [0.3, 0.4) is 0 Å². The fourth-order valence-electron chi connectivity index (χ4n) is 2.25. The van der Waals surface area contributed by atoms with E-state index in [9.17, 15) is 4.79 Å². The SMILES string of the molecule is NC(=O)C1CCN(c2nc(-c3cccc(Cl)c3)no2)C1. The van der Waals surface area contributed by atoms with Gasteiger partial charge in [-0.3, -0.25) is 4.79 Å². The zero-order chi connectivity index (χ0) is 14.1. The van der Waals surface area contributed by atoms with E-state index in [1.54, 1.807) is 12.1 Å².